The van der Waals surface area contributed by atoms with Crippen LogP contribution in [0.4, 0.5) is 14.6 Å². The highest BCUT2D eigenvalue weighted by Gasteiger charge is 2.39. The van der Waals surface area contributed by atoms with Crippen LogP contribution in [0.1, 0.15) is 38.5 Å². The van der Waals surface area contributed by atoms with Crippen molar-refractivity contribution in [3.05, 3.63) is 24.4 Å². The molecule has 0 bridgehead atoms. The van der Waals surface area contributed by atoms with Crippen molar-refractivity contribution in [2.24, 2.45) is 5.92 Å². The molecule has 1 saturated carbocycles. The summed E-state index contributed by atoms with van der Waals surface area (Å²) in [5.41, 5.74) is -1.02. The first-order valence-electron chi connectivity index (χ1n) is 8.91. The topological polar surface area (TPSA) is 65.5 Å². The number of β-amino-alcohol motifs (C(OH)–C–C–N with tert-alkyl or cyclic N) is 1. The molecule has 1 aliphatic heterocycles. The Bertz CT molecular complexity index is 589. The maximum absolute atomic E-state index is 13.2. The van der Waals surface area contributed by atoms with Crippen LogP contribution in [-0.4, -0.2) is 47.2 Å². The normalized spacial score (nSPS) is 27.1. The minimum atomic E-state index is -2.64. The first-order valence-corrected chi connectivity index (χ1v) is 8.91. The number of hydrogen-bond acceptors (Lipinski definition) is 4. The molecule has 7 heteroatoms. The smallest absolute Gasteiger partial charge is 0.248 e. The van der Waals surface area contributed by atoms with Gasteiger partial charge in [-0.2, -0.15) is 0 Å². The van der Waals surface area contributed by atoms with Crippen LogP contribution in [0.5, 0.6) is 0 Å². The summed E-state index contributed by atoms with van der Waals surface area (Å²) in [5, 5.41) is 13.6. The number of alkyl halides is 2. The van der Waals surface area contributed by atoms with E-state index in [2.05, 4.69) is 10.3 Å². The summed E-state index contributed by atoms with van der Waals surface area (Å²) in [6.45, 7) is 1.35. The summed E-state index contributed by atoms with van der Waals surface area (Å²) in [6.07, 6.45) is 3.06. The van der Waals surface area contributed by atoms with Gasteiger partial charge < -0.3 is 15.3 Å². The van der Waals surface area contributed by atoms with Gasteiger partial charge in [-0.05, 0) is 37.8 Å². The molecule has 1 saturated heterocycles. The SMILES string of the molecule is O=C(NCC1(O)CCCN(c2ccccn2)C1)C1CCC(F)(F)CC1. The molecule has 1 atom stereocenters. The number of rotatable bonds is 4. The van der Waals surface area contributed by atoms with Gasteiger partial charge >= 0.3 is 0 Å². The second-order valence-corrected chi connectivity index (χ2v) is 7.29. The molecule has 138 valence electrons. The largest absolute Gasteiger partial charge is 0.386 e. The molecular weight excluding hydrogens is 328 g/mol. The molecule has 0 spiro atoms. The quantitative estimate of drug-likeness (QED) is 0.872. The first kappa shape index (κ1) is 18.0. The molecule has 1 amide bonds. The average molecular weight is 353 g/mol. The van der Waals surface area contributed by atoms with E-state index in [1.807, 2.05) is 23.1 Å². The minimum absolute atomic E-state index is 0.141. The third kappa shape index (κ3) is 4.66. The minimum Gasteiger partial charge on any atom is -0.386 e. The second kappa shape index (κ2) is 7.23. The number of nitrogens with one attached hydrogen (secondary N) is 1. The molecule has 2 N–H and O–H groups in total. The third-order valence-electron chi connectivity index (χ3n) is 5.21. The number of aromatic nitrogens is 1. The number of aliphatic hydroxyl groups is 1. The van der Waals surface area contributed by atoms with E-state index in [1.165, 1.54) is 0 Å². The monoisotopic (exact) mass is 353 g/mol. The van der Waals surface area contributed by atoms with Crippen LogP contribution >= 0.6 is 0 Å². The Balaban J connectivity index is 1.52. The molecule has 5 nitrogen and oxygen atoms in total. The van der Waals surface area contributed by atoms with Gasteiger partial charge in [0.2, 0.25) is 11.8 Å². The molecule has 2 aliphatic rings. The van der Waals surface area contributed by atoms with Crippen molar-refractivity contribution in [3.63, 3.8) is 0 Å². The van der Waals surface area contributed by atoms with Crippen LogP contribution in [0.15, 0.2) is 24.4 Å². The van der Waals surface area contributed by atoms with Crippen molar-refractivity contribution in [1.82, 2.24) is 10.3 Å². The number of halogens is 2. The molecule has 1 aromatic heterocycles. The maximum Gasteiger partial charge on any atom is 0.248 e. The summed E-state index contributed by atoms with van der Waals surface area (Å²) in [6, 6.07) is 5.64. The predicted molar refractivity (Wildman–Crippen MR) is 90.5 cm³/mol. The highest BCUT2D eigenvalue weighted by molar-refractivity contribution is 5.78. The summed E-state index contributed by atoms with van der Waals surface area (Å²) in [4.78, 5) is 18.6. The highest BCUT2D eigenvalue weighted by Crippen LogP contribution is 2.36. The predicted octanol–water partition coefficient (Wildman–Crippen LogP) is 2.35. The van der Waals surface area contributed by atoms with Gasteiger partial charge in [0.05, 0.1) is 5.60 Å². The lowest BCUT2D eigenvalue weighted by molar-refractivity contribution is -0.130. The van der Waals surface area contributed by atoms with Crippen LogP contribution < -0.4 is 10.2 Å². The van der Waals surface area contributed by atoms with E-state index >= 15 is 0 Å². The van der Waals surface area contributed by atoms with Crippen LogP contribution in [-0.2, 0) is 4.79 Å². The average Bonchev–Trinajstić information content (AvgIpc) is 2.60. The van der Waals surface area contributed by atoms with E-state index < -0.39 is 11.5 Å². The van der Waals surface area contributed by atoms with Gasteiger partial charge in [-0.3, -0.25) is 4.79 Å². The summed E-state index contributed by atoms with van der Waals surface area (Å²) in [7, 11) is 0. The van der Waals surface area contributed by atoms with E-state index in [4.69, 9.17) is 0 Å². The molecule has 1 aromatic rings. The van der Waals surface area contributed by atoms with E-state index in [9.17, 15) is 18.7 Å². The Morgan fingerprint density at radius 1 is 1.32 bits per heavy atom. The Labute approximate surface area is 146 Å². The number of anilines is 1. The Morgan fingerprint density at radius 2 is 2.08 bits per heavy atom. The molecule has 3 rings (SSSR count). The molecule has 0 aromatic carbocycles. The van der Waals surface area contributed by atoms with Gasteiger partial charge in [0, 0.05) is 44.6 Å². The van der Waals surface area contributed by atoms with Gasteiger partial charge in [0.1, 0.15) is 5.82 Å². The van der Waals surface area contributed by atoms with E-state index in [1.54, 1.807) is 6.20 Å². The molecule has 1 aliphatic carbocycles. The van der Waals surface area contributed by atoms with E-state index in [-0.39, 0.29) is 44.1 Å². The number of amides is 1. The number of piperidine rings is 1. The number of hydrogen-bond donors (Lipinski definition) is 2. The van der Waals surface area contributed by atoms with E-state index in [0.717, 1.165) is 18.8 Å². The van der Waals surface area contributed by atoms with Crippen molar-refractivity contribution in [1.29, 1.82) is 0 Å². The Kier molecular flexibility index (Phi) is 5.22. The van der Waals surface area contributed by atoms with E-state index in [0.29, 0.717) is 13.0 Å². The lowest BCUT2D eigenvalue weighted by atomic mass is 9.86. The Morgan fingerprint density at radius 3 is 2.76 bits per heavy atom. The fourth-order valence-corrected chi connectivity index (χ4v) is 3.69. The van der Waals surface area contributed by atoms with Crippen molar-refractivity contribution in [2.45, 2.75) is 50.0 Å². The lowest BCUT2D eigenvalue weighted by Gasteiger charge is -2.40. The number of carbonyl (C=O) groups excluding carboxylic acids is 1. The molecule has 2 heterocycles. The molecule has 2 fully saturated rings. The van der Waals surface area contributed by atoms with Crippen LogP contribution in [0.2, 0.25) is 0 Å². The second-order valence-electron chi connectivity index (χ2n) is 7.29. The number of nitrogens with zero attached hydrogens (tertiary/aromatic N) is 2. The fourth-order valence-electron chi connectivity index (χ4n) is 3.69. The van der Waals surface area contributed by atoms with Crippen molar-refractivity contribution >= 4 is 11.7 Å². The van der Waals surface area contributed by atoms with Crippen molar-refractivity contribution < 1.29 is 18.7 Å². The maximum atomic E-state index is 13.2. The zero-order valence-electron chi connectivity index (χ0n) is 14.3. The van der Waals surface area contributed by atoms with Gasteiger partial charge in [-0.1, -0.05) is 6.07 Å². The zero-order valence-corrected chi connectivity index (χ0v) is 14.3. The summed E-state index contributed by atoms with van der Waals surface area (Å²) in [5.74, 6) is -2.43. The fraction of sp³-hybridized carbons (Fsp3) is 0.667. The zero-order chi connectivity index (χ0) is 17.9. The van der Waals surface area contributed by atoms with Crippen LogP contribution in [0.3, 0.4) is 0 Å². The van der Waals surface area contributed by atoms with Gasteiger partial charge in [-0.25, -0.2) is 13.8 Å². The summed E-state index contributed by atoms with van der Waals surface area (Å²) < 4.78 is 26.4. The standard InChI is InChI=1S/C18H25F2N3O2/c19-18(20)8-5-14(6-9-18)16(24)22-12-17(25)7-3-11-23(13-17)15-4-1-2-10-21-15/h1-2,4,10,14,25H,3,5-9,11-13H2,(H,22,24). The third-order valence-corrected chi connectivity index (χ3v) is 5.21. The molecule has 0 radical (unpaired) electrons. The molecular formula is C18H25F2N3O2. The highest BCUT2D eigenvalue weighted by atomic mass is 19.3. The molecule has 1 unspecified atom stereocenters. The van der Waals surface area contributed by atoms with Crippen molar-refractivity contribution in [3.8, 4) is 0 Å². The van der Waals surface area contributed by atoms with Gasteiger partial charge in [0.25, 0.3) is 0 Å². The summed E-state index contributed by atoms with van der Waals surface area (Å²) >= 11 is 0. The number of pyridine rings is 1. The first-order chi connectivity index (χ1) is 11.9. The number of carbonyl (C=O) groups is 1. The van der Waals surface area contributed by atoms with Gasteiger partial charge in [0.15, 0.2) is 0 Å². The van der Waals surface area contributed by atoms with Crippen LogP contribution in [0, 0.1) is 5.92 Å². The lowest BCUT2D eigenvalue weighted by Crippen LogP contribution is -2.55. The Hall–Kier alpha value is -1.76. The molecule has 25 heavy (non-hydrogen) atoms. The van der Waals surface area contributed by atoms with Crippen molar-refractivity contribution in [2.75, 3.05) is 24.5 Å². The van der Waals surface area contributed by atoms with Crippen LogP contribution in [0.25, 0.3) is 0 Å². The van der Waals surface area contributed by atoms with Gasteiger partial charge in [-0.15, -0.1) is 0 Å².